The molecule has 0 unspecified atom stereocenters. The second kappa shape index (κ2) is 11.1. The van der Waals surface area contributed by atoms with E-state index in [1.54, 1.807) is 14.2 Å². The average Bonchev–Trinajstić information content (AvgIpc) is 2.67. The highest BCUT2D eigenvalue weighted by atomic mass is 16.5. The lowest BCUT2D eigenvalue weighted by Gasteiger charge is -2.32. The highest BCUT2D eigenvalue weighted by Crippen LogP contribution is 2.25. The Bertz CT molecular complexity index is 554. The van der Waals surface area contributed by atoms with E-state index in [1.807, 2.05) is 30.3 Å². The number of aldehydes is 1. The van der Waals surface area contributed by atoms with Crippen molar-refractivity contribution >= 4 is 6.29 Å². The summed E-state index contributed by atoms with van der Waals surface area (Å²) in [7, 11) is 3.38. The SMILES string of the molecule is COc1ccc(COCC[C@@H](C[C@H]2O[C@H](CC=O)C=C[C@@H]2C)OC)cc1. The fourth-order valence-corrected chi connectivity index (χ4v) is 3.03. The number of ether oxygens (including phenoxy) is 4. The summed E-state index contributed by atoms with van der Waals surface area (Å²) >= 11 is 0. The lowest BCUT2D eigenvalue weighted by Crippen LogP contribution is -2.34. The van der Waals surface area contributed by atoms with E-state index in [0.29, 0.717) is 25.6 Å². The summed E-state index contributed by atoms with van der Waals surface area (Å²) in [6.07, 6.45) is 7.05. The van der Waals surface area contributed by atoms with E-state index >= 15 is 0 Å². The Balaban J connectivity index is 1.72. The molecule has 26 heavy (non-hydrogen) atoms. The van der Waals surface area contributed by atoms with Crippen molar-refractivity contribution in [3.05, 3.63) is 42.0 Å². The van der Waals surface area contributed by atoms with Gasteiger partial charge in [-0.25, -0.2) is 0 Å². The monoisotopic (exact) mass is 362 g/mol. The van der Waals surface area contributed by atoms with Crippen molar-refractivity contribution < 1.29 is 23.7 Å². The minimum Gasteiger partial charge on any atom is -0.497 e. The van der Waals surface area contributed by atoms with E-state index in [1.165, 1.54) is 0 Å². The van der Waals surface area contributed by atoms with Gasteiger partial charge in [0.15, 0.2) is 0 Å². The van der Waals surface area contributed by atoms with Gasteiger partial charge < -0.3 is 23.7 Å². The van der Waals surface area contributed by atoms with Crippen molar-refractivity contribution in [1.82, 2.24) is 0 Å². The average molecular weight is 362 g/mol. The summed E-state index contributed by atoms with van der Waals surface area (Å²) in [5.41, 5.74) is 1.12. The maximum atomic E-state index is 10.7. The number of carbonyl (C=O) groups excluding carboxylic acids is 1. The molecule has 0 aromatic heterocycles. The van der Waals surface area contributed by atoms with Gasteiger partial charge in [-0.15, -0.1) is 0 Å². The lowest BCUT2D eigenvalue weighted by molar-refractivity contribution is -0.112. The van der Waals surface area contributed by atoms with Crippen molar-refractivity contribution in [2.45, 2.75) is 51.1 Å². The Labute approximate surface area is 156 Å². The van der Waals surface area contributed by atoms with Gasteiger partial charge >= 0.3 is 0 Å². The molecule has 0 aliphatic carbocycles. The van der Waals surface area contributed by atoms with Crippen LogP contribution in [0.25, 0.3) is 0 Å². The first-order valence-corrected chi connectivity index (χ1v) is 9.17. The van der Waals surface area contributed by atoms with Crippen LogP contribution in [0, 0.1) is 5.92 Å². The van der Waals surface area contributed by atoms with Gasteiger partial charge in [-0.2, -0.15) is 0 Å². The minimum absolute atomic E-state index is 0.0662. The second-order valence-corrected chi connectivity index (χ2v) is 6.64. The fraction of sp³-hybridized carbons (Fsp3) is 0.571. The summed E-state index contributed by atoms with van der Waals surface area (Å²) < 4.78 is 22.6. The van der Waals surface area contributed by atoms with Gasteiger partial charge in [-0.05, 0) is 24.1 Å². The molecular weight excluding hydrogens is 332 g/mol. The number of hydrogen-bond donors (Lipinski definition) is 0. The van der Waals surface area contributed by atoms with Crippen LogP contribution in [0.5, 0.6) is 5.75 Å². The number of hydrogen-bond acceptors (Lipinski definition) is 5. The van der Waals surface area contributed by atoms with E-state index in [-0.39, 0.29) is 18.3 Å². The van der Waals surface area contributed by atoms with Crippen LogP contribution < -0.4 is 4.74 Å². The standard InChI is InChI=1S/C21H30O5/c1-16-4-7-19(10-12-22)26-21(16)14-20(24-3)11-13-25-15-17-5-8-18(23-2)9-6-17/h4-9,12,16,19-21H,10-11,13-15H2,1-3H3/t16-,19-,20-,21+/m0/s1. The molecule has 0 saturated heterocycles. The van der Waals surface area contributed by atoms with Crippen LogP contribution in [0.2, 0.25) is 0 Å². The molecule has 1 aromatic rings. The van der Waals surface area contributed by atoms with Crippen LogP contribution in [-0.4, -0.2) is 45.4 Å². The molecule has 1 aliphatic heterocycles. The second-order valence-electron chi connectivity index (χ2n) is 6.64. The third-order valence-corrected chi connectivity index (χ3v) is 4.73. The van der Waals surface area contributed by atoms with E-state index in [0.717, 1.165) is 30.4 Å². The molecule has 1 aliphatic rings. The van der Waals surface area contributed by atoms with Gasteiger partial charge in [0.2, 0.25) is 0 Å². The lowest BCUT2D eigenvalue weighted by atomic mass is 9.94. The topological polar surface area (TPSA) is 54.0 Å². The Morgan fingerprint density at radius 1 is 1.19 bits per heavy atom. The molecule has 4 atom stereocenters. The Hall–Kier alpha value is -1.69. The quantitative estimate of drug-likeness (QED) is 0.342. The highest BCUT2D eigenvalue weighted by Gasteiger charge is 2.26. The molecule has 5 nitrogen and oxygen atoms in total. The maximum absolute atomic E-state index is 10.7. The predicted molar refractivity (Wildman–Crippen MR) is 100 cm³/mol. The van der Waals surface area contributed by atoms with Crippen molar-refractivity contribution in [1.29, 1.82) is 0 Å². The minimum atomic E-state index is -0.113. The summed E-state index contributed by atoms with van der Waals surface area (Å²) in [5.74, 6) is 1.16. The summed E-state index contributed by atoms with van der Waals surface area (Å²) in [4.78, 5) is 10.7. The zero-order chi connectivity index (χ0) is 18.8. The molecule has 0 amide bonds. The van der Waals surface area contributed by atoms with Crippen molar-refractivity contribution in [3.63, 3.8) is 0 Å². The molecule has 0 bridgehead atoms. The van der Waals surface area contributed by atoms with Crippen LogP contribution in [0.1, 0.15) is 31.7 Å². The largest absolute Gasteiger partial charge is 0.497 e. The molecule has 1 aromatic carbocycles. The first kappa shape index (κ1) is 20.6. The molecule has 2 rings (SSSR count). The van der Waals surface area contributed by atoms with Crippen LogP contribution in [0.4, 0.5) is 0 Å². The van der Waals surface area contributed by atoms with Crippen molar-refractivity contribution in [3.8, 4) is 5.75 Å². The van der Waals surface area contributed by atoms with Crippen LogP contribution in [-0.2, 0) is 25.6 Å². The number of benzene rings is 1. The first-order chi connectivity index (χ1) is 12.7. The first-order valence-electron chi connectivity index (χ1n) is 9.17. The van der Waals surface area contributed by atoms with Crippen molar-refractivity contribution in [2.75, 3.05) is 20.8 Å². The number of carbonyl (C=O) groups is 1. The molecule has 0 radical (unpaired) electrons. The molecule has 5 heteroatoms. The highest BCUT2D eigenvalue weighted by molar-refractivity contribution is 5.50. The molecular formula is C21H30O5. The van der Waals surface area contributed by atoms with Crippen molar-refractivity contribution in [2.24, 2.45) is 5.92 Å². The van der Waals surface area contributed by atoms with Crippen LogP contribution in [0.15, 0.2) is 36.4 Å². The van der Waals surface area contributed by atoms with Crippen LogP contribution in [0.3, 0.4) is 0 Å². The third kappa shape index (κ3) is 6.56. The maximum Gasteiger partial charge on any atom is 0.122 e. The molecule has 0 N–H and O–H groups in total. The number of rotatable bonds is 11. The van der Waals surface area contributed by atoms with E-state index in [9.17, 15) is 4.79 Å². The molecule has 0 fully saturated rings. The smallest absolute Gasteiger partial charge is 0.122 e. The molecule has 1 heterocycles. The summed E-state index contributed by atoms with van der Waals surface area (Å²) in [6, 6.07) is 7.87. The fourth-order valence-electron chi connectivity index (χ4n) is 3.03. The van der Waals surface area contributed by atoms with E-state index in [4.69, 9.17) is 18.9 Å². The van der Waals surface area contributed by atoms with Crippen LogP contribution >= 0.6 is 0 Å². The van der Waals surface area contributed by atoms with Gasteiger partial charge in [0, 0.05) is 32.5 Å². The molecule has 0 saturated carbocycles. The van der Waals surface area contributed by atoms with Gasteiger partial charge in [0.25, 0.3) is 0 Å². The number of methoxy groups -OCH3 is 2. The van der Waals surface area contributed by atoms with Gasteiger partial charge in [-0.3, -0.25) is 0 Å². The van der Waals surface area contributed by atoms with Gasteiger partial charge in [0.05, 0.1) is 32.0 Å². The zero-order valence-electron chi connectivity index (χ0n) is 15.9. The summed E-state index contributed by atoms with van der Waals surface area (Å²) in [5, 5.41) is 0. The van der Waals surface area contributed by atoms with E-state index in [2.05, 4.69) is 13.0 Å². The Morgan fingerprint density at radius 2 is 1.96 bits per heavy atom. The molecule has 144 valence electrons. The molecule has 0 spiro atoms. The Morgan fingerprint density at radius 3 is 2.62 bits per heavy atom. The zero-order valence-corrected chi connectivity index (χ0v) is 15.9. The third-order valence-electron chi connectivity index (χ3n) is 4.73. The summed E-state index contributed by atoms with van der Waals surface area (Å²) in [6.45, 7) is 3.32. The van der Waals surface area contributed by atoms with Gasteiger partial charge in [-0.1, -0.05) is 31.2 Å². The van der Waals surface area contributed by atoms with E-state index < -0.39 is 0 Å². The van der Waals surface area contributed by atoms with Gasteiger partial charge in [0.1, 0.15) is 12.0 Å². The predicted octanol–water partition coefficient (Wildman–Crippen LogP) is 3.56. The normalized spacial score (nSPS) is 23.6. The Kier molecular flexibility index (Phi) is 8.81.